The first-order valence-electron chi connectivity index (χ1n) is 11.4. The lowest BCUT2D eigenvalue weighted by Crippen LogP contribution is -2.37. The lowest BCUT2D eigenvalue weighted by atomic mass is 10.1. The number of rotatable bonds is 3. The van der Waals surface area contributed by atoms with Crippen LogP contribution in [0.2, 0.25) is 0 Å². The van der Waals surface area contributed by atoms with Crippen LogP contribution in [0, 0.1) is 12.3 Å². The van der Waals surface area contributed by atoms with Gasteiger partial charge < -0.3 is 20.8 Å². The van der Waals surface area contributed by atoms with E-state index in [2.05, 4.69) is 19.9 Å². The zero-order valence-electron chi connectivity index (χ0n) is 19.4. The number of para-hydroxylation sites is 1. The number of pyridine rings is 1. The maximum Gasteiger partial charge on any atom is 0.256 e. The van der Waals surface area contributed by atoms with E-state index in [1.807, 2.05) is 67.6 Å². The molecule has 9 heteroatoms. The van der Waals surface area contributed by atoms with Crippen molar-refractivity contribution >= 4 is 34.5 Å². The van der Waals surface area contributed by atoms with Gasteiger partial charge in [0.05, 0.1) is 18.7 Å². The molecule has 1 aliphatic rings. The van der Waals surface area contributed by atoms with Crippen LogP contribution in [0.3, 0.4) is 0 Å². The number of nitrogens with zero attached hydrogens (tertiary/aromatic N) is 6. The van der Waals surface area contributed by atoms with E-state index >= 15 is 0 Å². The predicted molar refractivity (Wildman–Crippen MR) is 138 cm³/mol. The average molecular weight is 467 g/mol. The number of hydrogen-bond acceptors (Lipinski definition) is 8. The number of nitrogens with one attached hydrogen (secondary N) is 1. The van der Waals surface area contributed by atoms with Gasteiger partial charge in [-0.25, -0.2) is 0 Å². The van der Waals surface area contributed by atoms with Gasteiger partial charge in [0.15, 0.2) is 5.82 Å². The SMILES string of the molecule is Cc1cccc(C=N)c1.Nc1cc(N2CCOCC2)n2nc(-c3ccnc4ccccc34)nc2n1. The number of morpholine rings is 1. The molecule has 5 aromatic rings. The molecule has 1 saturated heterocycles. The Morgan fingerprint density at radius 1 is 1.00 bits per heavy atom. The van der Waals surface area contributed by atoms with Gasteiger partial charge in [-0.15, -0.1) is 5.10 Å². The summed E-state index contributed by atoms with van der Waals surface area (Å²) in [5.74, 6) is 2.41. The van der Waals surface area contributed by atoms with Gasteiger partial charge in [0.1, 0.15) is 11.6 Å². The lowest BCUT2D eigenvalue weighted by molar-refractivity contribution is 0.122. The quantitative estimate of drug-likeness (QED) is 0.389. The number of nitrogen functional groups attached to an aromatic ring is 1. The molecule has 4 heterocycles. The molecule has 3 N–H and O–H groups in total. The van der Waals surface area contributed by atoms with Crippen LogP contribution < -0.4 is 10.6 Å². The third kappa shape index (κ3) is 4.80. The molecule has 0 unspecified atom stereocenters. The summed E-state index contributed by atoms with van der Waals surface area (Å²) in [6.45, 7) is 4.95. The highest BCUT2D eigenvalue weighted by Crippen LogP contribution is 2.27. The van der Waals surface area contributed by atoms with Crippen molar-refractivity contribution in [1.82, 2.24) is 24.6 Å². The molecule has 1 fully saturated rings. The highest BCUT2D eigenvalue weighted by atomic mass is 16.5. The molecule has 3 aromatic heterocycles. The van der Waals surface area contributed by atoms with E-state index in [0.29, 0.717) is 30.6 Å². The fraction of sp³-hybridized carbons (Fsp3) is 0.192. The summed E-state index contributed by atoms with van der Waals surface area (Å²) in [6.07, 6.45) is 3.13. The molecule has 6 rings (SSSR count). The Morgan fingerprint density at radius 2 is 1.83 bits per heavy atom. The highest BCUT2D eigenvalue weighted by molar-refractivity contribution is 5.92. The summed E-state index contributed by atoms with van der Waals surface area (Å²) in [6, 6.07) is 19.6. The van der Waals surface area contributed by atoms with Gasteiger partial charge in [-0.1, -0.05) is 48.0 Å². The van der Waals surface area contributed by atoms with Crippen molar-refractivity contribution in [2.45, 2.75) is 6.92 Å². The Hall–Kier alpha value is -4.37. The number of aryl methyl sites for hydroxylation is 1. The van der Waals surface area contributed by atoms with E-state index in [1.165, 1.54) is 11.8 Å². The van der Waals surface area contributed by atoms with Crippen molar-refractivity contribution in [2.24, 2.45) is 0 Å². The highest BCUT2D eigenvalue weighted by Gasteiger charge is 2.19. The molecule has 1 aliphatic heterocycles. The zero-order chi connectivity index (χ0) is 24.2. The van der Waals surface area contributed by atoms with Crippen molar-refractivity contribution in [3.05, 3.63) is 78.0 Å². The molecular formula is C26H26N8O. The minimum absolute atomic E-state index is 0.428. The van der Waals surface area contributed by atoms with Crippen LogP contribution in [0.4, 0.5) is 11.6 Å². The fourth-order valence-corrected chi connectivity index (χ4v) is 4.05. The van der Waals surface area contributed by atoms with Crippen molar-refractivity contribution in [3.8, 4) is 11.4 Å². The molecule has 0 spiro atoms. The molecule has 0 amide bonds. The van der Waals surface area contributed by atoms with Crippen LogP contribution in [-0.4, -0.2) is 57.1 Å². The van der Waals surface area contributed by atoms with E-state index in [4.69, 9.17) is 21.0 Å². The molecule has 35 heavy (non-hydrogen) atoms. The first kappa shape index (κ1) is 22.4. The van der Waals surface area contributed by atoms with Gasteiger partial charge in [0.2, 0.25) is 0 Å². The van der Waals surface area contributed by atoms with Gasteiger partial charge in [0.25, 0.3) is 5.78 Å². The van der Waals surface area contributed by atoms with Crippen molar-refractivity contribution in [3.63, 3.8) is 0 Å². The van der Waals surface area contributed by atoms with E-state index in [0.717, 1.165) is 40.9 Å². The van der Waals surface area contributed by atoms with Crippen LogP contribution in [0.1, 0.15) is 11.1 Å². The maximum absolute atomic E-state index is 6.92. The molecule has 0 radical (unpaired) electrons. The molecule has 9 nitrogen and oxygen atoms in total. The first-order valence-corrected chi connectivity index (χ1v) is 11.4. The smallest absolute Gasteiger partial charge is 0.256 e. The maximum atomic E-state index is 6.92. The number of ether oxygens (including phenoxy) is 1. The molecular weight excluding hydrogens is 440 g/mol. The summed E-state index contributed by atoms with van der Waals surface area (Å²) >= 11 is 0. The van der Waals surface area contributed by atoms with Crippen LogP contribution in [-0.2, 0) is 4.74 Å². The Kier molecular flexibility index (Phi) is 6.32. The van der Waals surface area contributed by atoms with Crippen molar-refractivity contribution in [1.29, 1.82) is 5.41 Å². The summed E-state index contributed by atoms with van der Waals surface area (Å²) in [5, 5.41) is 12.6. The number of nitrogens with two attached hydrogens (primary N) is 1. The average Bonchev–Trinajstić information content (AvgIpc) is 3.32. The van der Waals surface area contributed by atoms with Crippen LogP contribution in [0.15, 0.2) is 66.9 Å². The molecule has 0 bridgehead atoms. The number of aromatic nitrogens is 5. The van der Waals surface area contributed by atoms with E-state index < -0.39 is 0 Å². The Balaban J connectivity index is 0.000000239. The second kappa shape index (κ2) is 9.86. The fourth-order valence-electron chi connectivity index (χ4n) is 4.05. The lowest BCUT2D eigenvalue weighted by Gasteiger charge is -2.28. The van der Waals surface area contributed by atoms with Gasteiger partial charge >= 0.3 is 0 Å². The van der Waals surface area contributed by atoms with Crippen molar-refractivity contribution < 1.29 is 4.74 Å². The van der Waals surface area contributed by atoms with E-state index in [9.17, 15) is 0 Å². The van der Waals surface area contributed by atoms with Gasteiger partial charge in [-0.05, 0) is 24.6 Å². The van der Waals surface area contributed by atoms with Crippen LogP contribution >= 0.6 is 0 Å². The topological polar surface area (TPSA) is 118 Å². The summed E-state index contributed by atoms with van der Waals surface area (Å²) in [7, 11) is 0. The normalized spacial score (nSPS) is 13.5. The number of fused-ring (bicyclic) bond motifs is 2. The molecule has 0 atom stereocenters. The first-order chi connectivity index (χ1) is 17.1. The summed E-state index contributed by atoms with van der Waals surface area (Å²) in [5.41, 5.74) is 10.0. The Morgan fingerprint density at radius 3 is 2.60 bits per heavy atom. The van der Waals surface area contributed by atoms with Crippen LogP contribution in [0.5, 0.6) is 0 Å². The molecule has 0 saturated carbocycles. The third-order valence-corrected chi connectivity index (χ3v) is 5.75. The van der Waals surface area contributed by atoms with Gasteiger partial charge in [-0.2, -0.15) is 14.5 Å². The Bertz CT molecular complexity index is 1480. The second-order valence-corrected chi connectivity index (χ2v) is 8.22. The molecule has 2 aromatic carbocycles. The predicted octanol–water partition coefficient (Wildman–Crippen LogP) is 3.75. The van der Waals surface area contributed by atoms with Gasteiger partial charge in [0, 0.05) is 42.5 Å². The van der Waals surface area contributed by atoms with Gasteiger partial charge in [-0.3, -0.25) is 4.98 Å². The largest absolute Gasteiger partial charge is 0.383 e. The zero-order valence-corrected chi connectivity index (χ0v) is 19.4. The number of benzene rings is 2. The van der Waals surface area contributed by atoms with E-state index in [1.54, 1.807) is 10.7 Å². The van der Waals surface area contributed by atoms with Crippen molar-refractivity contribution in [2.75, 3.05) is 36.9 Å². The standard InChI is InChI=1S/C18H17N7O.C8H9N/c19-15-11-16(24-7-9-26-10-8-24)25-18(21-15)22-17(23-25)13-5-6-20-14-4-2-1-3-12(13)14;1-7-3-2-4-8(5-7)6-9/h1-6,11H,7-10H2,(H2,19,21,22,23);2-6,9H,1H3. The third-order valence-electron chi connectivity index (χ3n) is 5.75. The minimum Gasteiger partial charge on any atom is -0.383 e. The number of anilines is 2. The molecule has 0 aliphatic carbocycles. The van der Waals surface area contributed by atoms with E-state index in [-0.39, 0.29) is 0 Å². The second-order valence-electron chi connectivity index (χ2n) is 8.22. The summed E-state index contributed by atoms with van der Waals surface area (Å²) < 4.78 is 7.20. The summed E-state index contributed by atoms with van der Waals surface area (Å²) in [4.78, 5) is 15.6. The monoisotopic (exact) mass is 466 g/mol. The molecule has 176 valence electrons. The minimum atomic E-state index is 0.428. The number of hydrogen-bond donors (Lipinski definition) is 2. The van der Waals surface area contributed by atoms with Crippen LogP contribution in [0.25, 0.3) is 28.1 Å². The Labute approximate surface area is 202 Å².